The number of hydrogen-bond acceptors (Lipinski definition) is 2. The maximum absolute atomic E-state index is 6.33. The summed E-state index contributed by atoms with van der Waals surface area (Å²) >= 11 is 6.33. The first-order chi connectivity index (χ1) is 9.62. The number of rotatable bonds is 7. The molecular weight excluding hydrogens is 270 g/mol. The Kier molecular flexibility index (Phi) is 5.88. The molecule has 1 fully saturated rings. The molecule has 0 radical (unpaired) electrons. The lowest BCUT2D eigenvalue weighted by Crippen LogP contribution is -2.38. The van der Waals surface area contributed by atoms with Gasteiger partial charge in [0.05, 0.1) is 6.10 Å². The van der Waals surface area contributed by atoms with E-state index in [0.717, 1.165) is 24.0 Å². The molecule has 3 heteroatoms. The van der Waals surface area contributed by atoms with E-state index in [1.165, 1.54) is 30.4 Å². The van der Waals surface area contributed by atoms with Crippen LogP contribution in [0.5, 0.6) is 0 Å². The first kappa shape index (κ1) is 15.8. The van der Waals surface area contributed by atoms with Crippen molar-refractivity contribution >= 4 is 11.6 Å². The molecule has 1 aromatic rings. The normalized spacial score (nSPS) is 23.4. The van der Waals surface area contributed by atoms with E-state index in [-0.39, 0.29) is 0 Å². The fourth-order valence-corrected chi connectivity index (χ4v) is 3.34. The Bertz CT molecular complexity index is 429. The summed E-state index contributed by atoms with van der Waals surface area (Å²) in [4.78, 5) is 0. The molecule has 0 heterocycles. The monoisotopic (exact) mass is 295 g/mol. The van der Waals surface area contributed by atoms with Gasteiger partial charge in [0.25, 0.3) is 0 Å². The third-order valence-corrected chi connectivity index (χ3v) is 4.65. The molecule has 112 valence electrons. The van der Waals surface area contributed by atoms with E-state index < -0.39 is 0 Å². The Morgan fingerprint density at radius 2 is 2.15 bits per heavy atom. The third-order valence-electron chi connectivity index (χ3n) is 4.30. The van der Waals surface area contributed by atoms with Crippen LogP contribution in [0.1, 0.15) is 37.3 Å². The van der Waals surface area contributed by atoms with Crippen molar-refractivity contribution in [2.45, 2.75) is 51.7 Å². The molecule has 20 heavy (non-hydrogen) atoms. The highest BCUT2D eigenvalue weighted by Gasteiger charge is 2.31. The molecule has 0 bridgehead atoms. The molecule has 0 aliphatic heterocycles. The molecule has 2 nitrogen and oxygen atoms in total. The van der Waals surface area contributed by atoms with Gasteiger partial charge < -0.3 is 10.1 Å². The minimum Gasteiger partial charge on any atom is -0.378 e. The summed E-state index contributed by atoms with van der Waals surface area (Å²) in [5.41, 5.74) is 2.47. The predicted octanol–water partition coefficient (Wildman–Crippen LogP) is 3.98. The number of aryl methyl sites for hydroxylation is 1. The van der Waals surface area contributed by atoms with E-state index in [2.05, 4.69) is 37.4 Å². The van der Waals surface area contributed by atoms with Gasteiger partial charge >= 0.3 is 0 Å². The summed E-state index contributed by atoms with van der Waals surface area (Å²) in [7, 11) is 2.05. The molecule has 1 unspecified atom stereocenters. The molecule has 0 saturated heterocycles. The highest BCUT2D eigenvalue weighted by Crippen LogP contribution is 2.34. The number of likely N-dealkylation sites (N-methyl/N-ethyl adjacent to an activating group) is 1. The van der Waals surface area contributed by atoms with Crippen LogP contribution < -0.4 is 5.32 Å². The predicted molar refractivity (Wildman–Crippen MR) is 85.5 cm³/mol. The van der Waals surface area contributed by atoms with Crippen LogP contribution in [-0.4, -0.2) is 25.8 Å². The third kappa shape index (κ3) is 4.21. The van der Waals surface area contributed by atoms with Crippen LogP contribution in [0.25, 0.3) is 0 Å². The van der Waals surface area contributed by atoms with Gasteiger partial charge in [-0.25, -0.2) is 0 Å². The first-order valence-electron chi connectivity index (χ1n) is 7.66. The summed E-state index contributed by atoms with van der Waals surface area (Å²) in [6.45, 7) is 4.99. The average Bonchev–Trinajstić information content (AvgIpc) is 2.37. The lowest BCUT2D eigenvalue weighted by molar-refractivity contribution is -0.0288. The number of ether oxygens (including phenoxy) is 1. The second kappa shape index (κ2) is 7.44. The van der Waals surface area contributed by atoms with Gasteiger partial charge in [0.1, 0.15) is 0 Å². The number of benzene rings is 1. The van der Waals surface area contributed by atoms with Gasteiger partial charge in [-0.1, -0.05) is 23.7 Å². The van der Waals surface area contributed by atoms with Gasteiger partial charge in [0, 0.05) is 17.7 Å². The van der Waals surface area contributed by atoms with Crippen LogP contribution in [0.4, 0.5) is 0 Å². The lowest BCUT2D eigenvalue weighted by Gasteiger charge is -2.37. The average molecular weight is 296 g/mol. The summed E-state index contributed by atoms with van der Waals surface area (Å²) in [6.07, 6.45) is 5.15. The van der Waals surface area contributed by atoms with Crippen molar-refractivity contribution in [2.24, 2.45) is 5.92 Å². The van der Waals surface area contributed by atoms with Crippen molar-refractivity contribution in [1.82, 2.24) is 5.32 Å². The molecular formula is C17H26ClNO. The van der Waals surface area contributed by atoms with Gasteiger partial charge in [-0.05, 0) is 69.7 Å². The van der Waals surface area contributed by atoms with Crippen molar-refractivity contribution in [1.29, 1.82) is 0 Å². The fourth-order valence-electron chi connectivity index (χ4n) is 3.03. The molecule has 0 spiro atoms. The largest absolute Gasteiger partial charge is 0.378 e. The number of halogens is 1. The molecule has 0 amide bonds. The molecule has 1 atom stereocenters. The topological polar surface area (TPSA) is 21.3 Å². The van der Waals surface area contributed by atoms with E-state index >= 15 is 0 Å². The molecule has 1 N–H and O–H groups in total. The number of hydrogen-bond donors (Lipinski definition) is 1. The minimum absolute atomic E-state index is 0.503. The van der Waals surface area contributed by atoms with Crippen molar-refractivity contribution in [3.8, 4) is 0 Å². The molecule has 1 aliphatic rings. The number of nitrogens with one attached hydrogen (secondary N) is 1. The van der Waals surface area contributed by atoms with Crippen molar-refractivity contribution in [2.75, 3.05) is 13.7 Å². The Hall–Kier alpha value is -0.570. The quantitative estimate of drug-likeness (QED) is 0.821. The zero-order valence-electron chi connectivity index (χ0n) is 12.8. The standard InChI is InChI=1S/C17H26ClNO/c1-4-20-16-9-13(10-16)8-15(19-3)11-14-6-5-12(2)7-17(14)18/h5-7,13,15-16,19H,4,8-11H2,1-3H3. The second-order valence-corrected chi connectivity index (χ2v) is 6.34. The maximum Gasteiger partial charge on any atom is 0.0580 e. The highest BCUT2D eigenvalue weighted by atomic mass is 35.5. The Morgan fingerprint density at radius 1 is 1.40 bits per heavy atom. The van der Waals surface area contributed by atoms with E-state index in [1.54, 1.807) is 0 Å². The molecule has 1 aliphatic carbocycles. The van der Waals surface area contributed by atoms with Crippen LogP contribution >= 0.6 is 11.6 Å². The molecule has 0 aromatic heterocycles. The maximum atomic E-state index is 6.33. The lowest BCUT2D eigenvalue weighted by atomic mass is 9.77. The van der Waals surface area contributed by atoms with Crippen LogP contribution in [-0.2, 0) is 11.2 Å². The summed E-state index contributed by atoms with van der Waals surface area (Å²) in [5, 5.41) is 4.33. The highest BCUT2D eigenvalue weighted by molar-refractivity contribution is 6.31. The summed E-state index contributed by atoms with van der Waals surface area (Å²) < 4.78 is 5.63. The van der Waals surface area contributed by atoms with Crippen LogP contribution in [0.15, 0.2) is 18.2 Å². The zero-order valence-corrected chi connectivity index (χ0v) is 13.5. The molecule has 1 saturated carbocycles. The van der Waals surface area contributed by atoms with Crippen LogP contribution in [0.3, 0.4) is 0 Å². The molecule has 1 aromatic carbocycles. The van der Waals surface area contributed by atoms with E-state index in [9.17, 15) is 0 Å². The van der Waals surface area contributed by atoms with E-state index in [4.69, 9.17) is 16.3 Å². The SMILES string of the molecule is CCOC1CC(CC(Cc2ccc(C)cc2Cl)NC)C1. The van der Waals surface area contributed by atoms with Crippen molar-refractivity contribution < 1.29 is 4.74 Å². The smallest absolute Gasteiger partial charge is 0.0580 e. The van der Waals surface area contributed by atoms with Gasteiger partial charge in [-0.15, -0.1) is 0 Å². The van der Waals surface area contributed by atoms with Crippen LogP contribution in [0.2, 0.25) is 5.02 Å². The van der Waals surface area contributed by atoms with E-state index in [1.807, 2.05) is 7.05 Å². The Morgan fingerprint density at radius 3 is 2.75 bits per heavy atom. The van der Waals surface area contributed by atoms with Crippen molar-refractivity contribution in [3.05, 3.63) is 34.3 Å². The summed E-state index contributed by atoms with van der Waals surface area (Å²) in [5.74, 6) is 0.799. The fraction of sp³-hybridized carbons (Fsp3) is 0.647. The van der Waals surface area contributed by atoms with Gasteiger partial charge in [-0.3, -0.25) is 0 Å². The van der Waals surface area contributed by atoms with Gasteiger partial charge in [0.15, 0.2) is 0 Å². The van der Waals surface area contributed by atoms with Crippen LogP contribution in [0, 0.1) is 12.8 Å². The zero-order chi connectivity index (χ0) is 14.5. The summed E-state index contributed by atoms with van der Waals surface area (Å²) in [6, 6.07) is 6.86. The first-order valence-corrected chi connectivity index (χ1v) is 8.04. The molecule has 2 rings (SSSR count). The Balaban J connectivity index is 1.84. The minimum atomic E-state index is 0.503. The second-order valence-electron chi connectivity index (χ2n) is 5.94. The van der Waals surface area contributed by atoms with E-state index in [0.29, 0.717) is 12.1 Å². The van der Waals surface area contributed by atoms with Crippen molar-refractivity contribution in [3.63, 3.8) is 0 Å². The van der Waals surface area contributed by atoms with Gasteiger partial charge in [0.2, 0.25) is 0 Å². The Labute approximate surface area is 127 Å². The van der Waals surface area contributed by atoms with Gasteiger partial charge in [-0.2, -0.15) is 0 Å².